The van der Waals surface area contributed by atoms with E-state index in [0.717, 1.165) is 18.2 Å². The Balaban J connectivity index is 2.11. The summed E-state index contributed by atoms with van der Waals surface area (Å²) in [6, 6.07) is 0. The topological polar surface area (TPSA) is 67.8 Å². The SMILES string of the molecule is C[C@H]1CC[C@](CN)(Cc2nc(=S)o[nH]2)C1. The third-order valence-electron chi connectivity index (χ3n) is 3.41. The molecule has 84 valence electrons. The molecule has 1 aliphatic rings. The molecule has 0 bridgehead atoms. The Morgan fingerprint density at radius 3 is 3.00 bits per heavy atom. The van der Waals surface area contributed by atoms with Crippen molar-refractivity contribution >= 4 is 12.2 Å². The van der Waals surface area contributed by atoms with E-state index in [9.17, 15) is 0 Å². The summed E-state index contributed by atoms with van der Waals surface area (Å²) in [6.07, 6.45) is 4.47. The van der Waals surface area contributed by atoms with Crippen LogP contribution in [0.2, 0.25) is 0 Å². The Morgan fingerprint density at radius 1 is 1.73 bits per heavy atom. The van der Waals surface area contributed by atoms with E-state index in [1.807, 2.05) is 0 Å². The van der Waals surface area contributed by atoms with Gasteiger partial charge < -0.3 is 10.3 Å². The molecular weight excluding hydrogens is 210 g/mol. The fourth-order valence-electron chi connectivity index (χ4n) is 2.60. The average Bonchev–Trinajstić information content (AvgIpc) is 2.75. The van der Waals surface area contributed by atoms with E-state index in [4.69, 9.17) is 22.5 Å². The molecule has 2 atom stereocenters. The molecule has 0 aromatic carbocycles. The molecule has 5 heteroatoms. The summed E-state index contributed by atoms with van der Waals surface area (Å²) in [6.45, 7) is 2.99. The summed E-state index contributed by atoms with van der Waals surface area (Å²) in [5.41, 5.74) is 6.09. The molecule has 1 aliphatic carbocycles. The summed E-state index contributed by atoms with van der Waals surface area (Å²) < 4.78 is 4.93. The molecule has 2 rings (SSSR count). The van der Waals surface area contributed by atoms with Gasteiger partial charge in [0.25, 0.3) is 0 Å². The Labute approximate surface area is 94.2 Å². The van der Waals surface area contributed by atoms with E-state index >= 15 is 0 Å². The molecular formula is C10H17N3OS. The molecule has 1 aromatic rings. The highest BCUT2D eigenvalue weighted by Gasteiger charge is 2.37. The van der Waals surface area contributed by atoms with Gasteiger partial charge in [-0.3, -0.25) is 0 Å². The Hall–Kier alpha value is -0.680. The van der Waals surface area contributed by atoms with Gasteiger partial charge >= 0.3 is 4.84 Å². The lowest BCUT2D eigenvalue weighted by molar-refractivity contribution is 0.283. The number of H-pyrrole nitrogens is 1. The molecule has 0 amide bonds. The molecule has 1 saturated carbocycles. The molecule has 3 N–H and O–H groups in total. The van der Waals surface area contributed by atoms with Crippen LogP contribution in [0.4, 0.5) is 0 Å². The Bertz CT molecular complexity index is 386. The summed E-state index contributed by atoms with van der Waals surface area (Å²) in [4.78, 5) is 4.41. The standard InChI is InChI=1S/C10H17N3OS/c1-7-2-3-10(4-7,6-11)5-8-12-9(15)14-13-8/h7H,2-6,11H2,1H3,(H,12,13,15)/t7-,10+/m0/s1. The molecule has 1 heterocycles. The first-order chi connectivity index (χ1) is 7.13. The fraction of sp³-hybridized carbons (Fsp3) is 0.800. The van der Waals surface area contributed by atoms with Gasteiger partial charge in [0.15, 0.2) is 0 Å². The van der Waals surface area contributed by atoms with E-state index < -0.39 is 0 Å². The summed E-state index contributed by atoms with van der Waals surface area (Å²) in [5.74, 6) is 1.60. The van der Waals surface area contributed by atoms with Crippen LogP contribution >= 0.6 is 12.2 Å². The van der Waals surface area contributed by atoms with Crippen LogP contribution in [0, 0.1) is 16.2 Å². The van der Waals surface area contributed by atoms with Crippen LogP contribution in [-0.2, 0) is 6.42 Å². The largest absolute Gasteiger partial charge is 0.348 e. The van der Waals surface area contributed by atoms with Crippen LogP contribution in [0.3, 0.4) is 0 Å². The lowest BCUT2D eigenvalue weighted by Crippen LogP contribution is -2.30. The molecule has 0 spiro atoms. The van der Waals surface area contributed by atoms with Crippen molar-refractivity contribution in [3.8, 4) is 0 Å². The third-order valence-corrected chi connectivity index (χ3v) is 3.58. The van der Waals surface area contributed by atoms with Crippen molar-refractivity contribution in [1.82, 2.24) is 10.1 Å². The number of rotatable bonds is 3. The lowest BCUT2D eigenvalue weighted by atomic mass is 9.82. The second-order valence-electron chi connectivity index (χ2n) is 4.76. The summed E-state index contributed by atoms with van der Waals surface area (Å²) in [7, 11) is 0. The van der Waals surface area contributed by atoms with E-state index in [1.54, 1.807) is 0 Å². The minimum Gasteiger partial charge on any atom is -0.348 e. The second kappa shape index (κ2) is 4.06. The van der Waals surface area contributed by atoms with Gasteiger partial charge in [-0.1, -0.05) is 13.3 Å². The molecule has 15 heavy (non-hydrogen) atoms. The minimum atomic E-state index is 0.203. The normalized spacial score (nSPS) is 30.9. The van der Waals surface area contributed by atoms with E-state index in [-0.39, 0.29) is 10.3 Å². The average molecular weight is 227 g/mol. The van der Waals surface area contributed by atoms with Gasteiger partial charge in [0.2, 0.25) is 0 Å². The van der Waals surface area contributed by atoms with Gasteiger partial charge in [-0.2, -0.15) is 4.98 Å². The van der Waals surface area contributed by atoms with Crippen LogP contribution in [-0.4, -0.2) is 16.7 Å². The number of hydrogen-bond donors (Lipinski definition) is 2. The van der Waals surface area contributed by atoms with Crippen molar-refractivity contribution in [1.29, 1.82) is 0 Å². The van der Waals surface area contributed by atoms with Crippen LogP contribution in [0.25, 0.3) is 0 Å². The van der Waals surface area contributed by atoms with Crippen molar-refractivity contribution < 1.29 is 4.52 Å². The molecule has 0 saturated heterocycles. The second-order valence-corrected chi connectivity index (χ2v) is 5.11. The number of nitrogens with one attached hydrogen (secondary N) is 1. The quantitative estimate of drug-likeness (QED) is 0.775. The molecule has 4 nitrogen and oxygen atoms in total. The molecule has 0 unspecified atom stereocenters. The molecule has 1 aromatic heterocycles. The van der Waals surface area contributed by atoms with Gasteiger partial charge in [0.1, 0.15) is 5.82 Å². The zero-order chi connectivity index (χ0) is 10.9. The predicted octanol–water partition coefficient (Wildman–Crippen LogP) is 2.04. The zero-order valence-electron chi connectivity index (χ0n) is 8.95. The number of nitrogens with two attached hydrogens (primary N) is 1. The van der Waals surface area contributed by atoms with Crippen LogP contribution in [0.5, 0.6) is 0 Å². The maximum Gasteiger partial charge on any atom is 0.314 e. The van der Waals surface area contributed by atoms with Crippen LogP contribution < -0.4 is 5.73 Å². The van der Waals surface area contributed by atoms with Crippen LogP contribution in [0.1, 0.15) is 32.0 Å². The molecule has 0 radical (unpaired) electrons. The first kappa shape index (κ1) is 10.8. The maximum absolute atomic E-state index is 5.89. The van der Waals surface area contributed by atoms with Crippen LogP contribution in [0.15, 0.2) is 4.52 Å². The third kappa shape index (κ3) is 2.29. The first-order valence-corrected chi connectivity index (χ1v) is 5.79. The van der Waals surface area contributed by atoms with Gasteiger partial charge in [-0.25, -0.2) is 5.16 Å². The molecule has 0 aliphatic heterocycles. The van der Waals surface area contributed by atoms with E-state index in [1.165, 1.54) is 19.3 Å². The van der Waals surface area contributed by atoms with Crippen molar-refractivity contribution in [2.75, 3.05) is 6.54 Å². The zero-order valence-corrected chi connectivity index (χ0v) is 9.77. The van der Waals surface area contributed by atoms with Gasteiger partial charge in [-0.15, -0.1) is 0 Å². The van der Waals surface area contributed by atoms with Crippen molar-refractivity contribution in [2.45, 2.75) is 32.6 Å². The van der Waals surface area contributed by atoms with Gasteiger partial charge in [0, 0.05) is 6.42 Å². The van der Waals surface area contributed by atoms with Crippen molar-refractivity contribution in [3.63, 3.8) is 0 Å². The predicted molar refractivity (Wildman–Crippen MR) is 59.9 cm³/mol. The van der Waals surface area contributed by atoms with Gasteiger partial charge in [0.05, 0.1) is 0 Å². The van der Waals surface area contributed by atoms with Crippen molar-refractivity contribution in [3.05, 3.63) is 10.7 Å². The number of aromatic nitrogens is 2. The summed E-state index contributed by atoms with van der Waals surface area (Å²) >= 11 is 4.83. The smallest absolute Gasteiger partial charge is 0.314 e. The number of aromatic amines is 1. The van der Waals surface area contributed by atoms with E-state index in [2.05, 4.69) is 17.1 Å². The highest BCUT2D eigenvalue weighted by Crippen LogP contribution is 2.42. The van der Waals surface area contributed by atoms with Crippen molar-refractivity contribution in [2.24, 2.45) is 17.1 Å². The lowest BCUT2D eigenvalue weighted by Gasteiger charge is -2.25. The summed E-state index contributed by atoms with van der Waals surface area (Å²) in [5, 5.41) is 2.76. The van der Waals surface area contributed by atoms with E-state index in [0.29, 0.717) is 6.54 Å². The maximum atomic E-state index is 5.89. The Kier molecular flexibility index (Phi) is 2.93. The number of hydrogen-bond acceptors (Lipinski definition) is 4. The molecule has 1 fully saturated rings. The fourth-order valence-corrected chi connectivity index (χ4v) is 2.76. The minimum absolute atomic E-state index is 0.203. The highest BCUT2D eigenvalue weighted by atomic mass is 32.1. The monoisotopic (exact) mass is 227 g/mol. The number of nitrogens with zero attached hydrogens (tertiary/aromatic N) is 1. The Morgan fingerprint density at radius 2 is 2.53 bits per heavy atom. The van der Waals surface area contributed by atoms with Gasteiger partial charge in [-0.05, 0) is 42.9 Å². The first-order valence-electron chi connectivity index (χ1n) is 5.38. The highest BCUT2D eigenvalue weighted by molar-refractivity contribution is 7.71.